The molecule has 0 saturated heterocycles. The van der Waals surface area contributed by atoms with Gasteiger partial charge in [-0.25, -0.2) is 9.59 Å². The number of benzene rings is 1. The zero-order valence-electron chi connectivity index (χ0n) is 10.5. The zero-order chi connectivity index (χ0) is 12.9. The molecule has 0 spiro atoms. The number of ether oxygens (including phenoxy) is 1. The first-order valence-electron chi connectivity index (χ1n) is 6.22. The molecule has 0 aromatic heterocycles. The first kappa shape index (κ1) is 11.4. The number of hydrogen-bond donors (Lipinski definition) is 0. The van der Waals surface area contributed by atoms with Crippen molar-refractivity contribution in [2.75, 3.05) is 6.54 Å². The van der Waals surface area contributed by atoms with Crippen LogP contribution in [0, 0.1) is 0 Å². The quantitative estimate of drug-likeness (QED) is 0.558. The fourth-order valence-electron chi connectivity index (χ4n) is 2.60. The van der Waals surface area contributed by atoms with Crippen molar-refractivity contribution in [3.05, 3.63) is 34.4 Å². The Kier molecular flexibility index (Phi) is 2.48. The van der Waals surface area contributed by atoms with Gasteiger partial charge in [-0.1, -0.05) is 0 Å². The fourth-order valence-corrected chi connectivity index (χ4v) is 2.60. The summed E-state index contributed by atoms with van der Waals surface area (Å²) in [6.45, 7) is 6.15. The molecule has 0 unspecified atom stereocenters. The third-order valence-corrected chi connectivity index (χ3v) is 3.74. The molecule has 0 N–H and O–H groups in total. The molecule has 4 nitrogen and oxygen atoms in total. The van der Waals surface area contributed by atoms with E-state index < -0.39 is 11.9 Å². The summed E-state index contributed by atoms with van der Waals surface area (Å²) in [6.07, 6.45) is 0.919. The molecule has 94 valence electrons. The third kappa shape index (κ3) is 1.64. The van der Waals surface area contributed by atoms with Crippen LogP contribution < -0.4 is 0 Å². The van der Waals surface area contributed by atoms with Crippen molar-refractivity contribution in [2.24, 2.45) is 0 Å². The third-order valence-electron chi connectivity index (χ3n) is 3.74. The molecule has 1 aromatic rings. The maximum absolute atomic E-state index is 11.5. The Morgan fingerprint density at radius 1 is 1.11 bits per heavy atom. The van der Waals surface area contributed by atoms with E-state index in [1.807, 2.05) is 12.1 Å². The molecule has 0 fully saturated rings. The summed E-state index contributed by atoms with van der Waals surface area (Å²) >= 11 is 0. The second-order valence-corrected chi connectivity index (χ2v) is 5.16. The number of nitrogens with zero attached hydrogens (tertiary/aromatic N) is 1. The summed E-state index contributed by atoms with van der Waals surface area (Å²) in [5, 5.41) is 0. The molecule has 0 radical (unpaired) electrons. The first-order chi connectivity index (χ1) is 8.56. The lowest BCUT2D eigenvalue weighted by atomic mass is 9.94. The van der Waals surface area contributed by atoms with Crippen molar-refractivity contribution in [2.45, 2.75) is 32.9 Å². The van der Waals surface area contributed by atoms with Gasteiger partial charge in [-0.15, -0.1) is 0 Å². The van der Waals surface area contributed by atoms with Crippen LogP contribution >= 0.6 is 0 Å². The minimum Gasteiger partial charge on any atom is -0.386 e. The van der Waals surface area contributed by atoms with Crippen LogP contribution in [0.2, 0.25) is 0 Å². The average Bonchev–Trinajstić information content (AvgIpc) is 2.61. The summed E-state index contributed by atoms with van der Waals surface area (Å²) in [5.41, 5.74) is 3.15. The number of cyclic esters (lactones) is 2. The molecular weight excluding hydrogens is 230 g/mol. The van der Waals surface area contributed by atoms with E-state index in [1.165, 1.54) is 0 Å². The molecule has 2 heterocycles. The van der Waals surface area contributed by atoms with Crippen LogP contribution in [-0.4, -0.2) is 29.4 Å². The number of hydrogen-bond acceptors (Lipinski definition) is 4. The lowest BCUT2D eigenvalue weighted by Gasteiger charge is -2.32. The van der Waals surface area contributed by atoms with Crippen LogP contribution in [0.5, 0.6) is 0 Å². The van der Waals surface area contributed by atoms with Crippen LogP contribution in [0.15, 0.2) is 12.1 Å². The molecule has 18 heavy (non-hydrogen) atoms. The molecule has 0 aliphatic carbocycles. The van der Waals surface area contributed by atoms with E-state index in [9.17, 15) is 9.59 Å². The molecule has 1 aromatic carbocycles. The Balaban J connectivity index is 2.03. The number of carbonyl (C=O) groups is 2. The van der Waals surface area contributed by atoms with Crippen molar-refractivity contribution < 1.29 is 14.3 Å². The van der Waals surface area contributed by atoms with Gasteiger partial charge in [-0.2, -0.15) is 0 Å². The fraction of sp³-hybridized carbons (Fsp3) is 0.429. The van der Waals surface area contributed by atoms with E-state index in [0.29, 0.717) is 17.2 Å². The molecule has 4 heteroatoms. The SMILES string of the molecule is CC(C)N1CCc2cc3c(cc2C1)C(=O)OC3=O. The number of fused-ring (bicyclic) bond motifs is 2. The van der Waals surface area contributed by atoms with E-state index >= 15 is 0 Å². The van der Waals surface area contributed by atoms with Crippen molar-refractivity contribution in [3.8, 4) is 0 Å². The highest BCUT2D eigenvalue weighted by Gasteiger charge is 2.32. The van der Waals surface area contributed by atoms with Gasteiger partial charge in [0.05, 0.1) is 11.1 Å². The van der Waals surface area contributed by atoms with Crippen LogP contribution in [-0.2, 0) is 17.7 Å². The molecule has 0 amide bonds. The predicted molar refractivity (Wildman–Crippen MR) is 65.4 cm³/mol. The van der Waals surface area contributed by atoms with Gasteiger partial charge >= 0.3 is 11.9 Å². The Morgan fingerprint density at radius 2 is 1.72 bits per heavy atom. The summed E-state index contributed by atoms with van der Waals surface area (Å²) < 4.78 is 4.63. The first-order valence-corrected chi connectivity index (χ1v) is 6.22. The van der Waals surface area contributed by atoms with Crippen LogP contribution in [0.4, 0.5) is 0 Å². The monoisotopic (exact) mass is 245 g/mol. The van der Waals surface area contributed by atoms with E-state index in [1.54, 1.807) is 0 Å². The van der Waals surface area contributed by atoms with Crippen molar-refractivity contribution in [1.82, 2.24) is 4.90 Å². The normalized spacial score (nSPS) is 18.8. The van der Waals surface area contributed by atoms with Crippen LogP contribution in [0.1, 0.15) is 45.7 Å². The second kappa shape index (κ2) is 3.92. The van der Waals surface area contributed by atoms with Crippen molar-refractivity contribution in [3.63, 3.8) is 0 Å². The molecule has 2 aliphatic rings. The molecule has 0 atom stereocenters. The molecule has 2 aliphatic heterocycles. The number of carbonyl (C=O) groups excluding carboxylic acids is 2. The molecular formula is C14H15NO3. The minimum atomic E-state index is -0.514. The lowest BCUT2D eigenvalue weighted by molar-refractivity contribution is 0.0443. The molecule has 0 bridgehead atoms. The van der Waals surface area contributed by atoms with Crippen LogP contribution in [0.25, 0.3) is 0 Å². The van der Waals surface area contributed by atoms with Gasteiger partial charge in [-0.3, -0.25) is 4.90 Å². The maximum atomic E-state index is 11.5. The average molecular weight is 245 g/mol. The summed E-state index contributed by atoms with van der Waals surface area (Å²) in [6, 6.07) is 4.14. The van der Waals surface area contributed by atoms with Gasteiger partial charge < -0.3 is 4.74 Å². The number of esters is 2. The predicted octanol–water partition coefficient (Wildman–Crippen LogP) is 1.76. The highest BCUT2D eigenvalue weighted by molar-refractivity contribution is 6.14. The molecule has 0 saturated carbocycles. The van der Waals surface area contributed by atoms with Gasteiger partial charge in [-0.05, 0) is 43.5 Å². The van der Waals surface area contributed by atoms with E-state index in [2.05, 4.69) is 23.5 Å². The zero-order valence-corrected chi connectivity index (χ0v) is 10.5. The number of rotatable bonds is 1. The van der Waals surface area contributed by atoms with Gasteiger partial charge in [0.25, 0.3) is 0 Å². The molecule has 3 rings (SSSR count). The highest BCUT2D eigenvalue weighted by Crippen LogP contribution is 2.28. The van der Waals surface area contributed by atoms with Crippen molar-refractivity contribution in [1.29, 1.82) is 0 Å². The van der Waals surface area contributed by atoms with Gasteiger partial charge in [0.2, 0.25) is 0 Å². The van der Waals surface area contributed by atoms with E-state index in [4.69, 9.17) is 0 Å². The van der Waals surface area contributed by atoms with Gasteiger partial charge in [0.1, 0.15) is 0 Å². The largest absolute Gasteiger partial charge is 0.386 e. The summed E-state index contributed by atoms with van der Waals surface area (Å²) in [5.74, 6) is -1.02. The van der Waals surface area contributed by atoms with Crippen LogP contribution in [0.3, 0.4) is 0 Å². The Hall–Kier alpha value is -1.68. The van der Waals surface area contributed by atoms with E-state index in [0.717, 1.165) is 30.6 Å². The maximum Gasteiger partial charge on any atom is 0.346 e. The lowest BCUT2D eigenvalue weighted by Crippen LogP contribution is -2.36. The summed E-state index contributed by atoms with van der Waals surface area (Å²) in [4.78, 5) is 25.4. The Morgan fingerprint density at radius 3 is 2.33 bits per heavy atom. The minimum absolute atomic E-state index is 0.421. The smallest absolute Gasteiger partial charge is 0.346 e. The topological polar surface area (TPSA) is 46.6 Å². The Labute approximate surface area is 106 Å². The Bertz CT molecular complexity index is 548. The van der Waals surface area contributed by atoms with Gasteiger partial charge in [0.15, 0.2) is 0 Å². The summed E-state index contributed by atoms with van der Waals surface area (Å²) in [7, 11) is 0. The van der Waals surface area contributed by atoms with Crippen molar-refractivity contribution >= 4 is 11.9 Å². The van der Waals surface area contributed by atoms with Gasteiger partial charge in [0, 0.05) is 19.1 Å². The highest BCUT2D eigenvalue weighted by atomic mass is 16.6. The second-order valence-electron chi connectivity index (χ2n) is 5.16. The standard InChI is InChI=1S/C14H15NO3/c1-8(2)15-4-3-9-5-11-12(6-10(9)7-15)14(17)18-13(11)16/h5-6,8H,3-4,7H2,1-2H3. The van der Waals surface area contributed by atoms with E-state index in [-0.39, 0.29) is 0 Å².